The van der Waals surface area contributed by atoms with E-state index in [9.17, 15) is 13.2 Å². The molecule has 0 unspecified atom stereocenters. The van der Waals surface area contributed by atoms with Crippen molar-refractivity contribution in [3.8, 4) is 0 Å². The number of likely N-dealkylation sites (tertiary alicyclic amines) is 1. The molecule has 164 valence electrons. The van der Waals surface area contributed by atoms with Crippen LogP contribution in [0, 0.1) is 6.92 Å². The average Bonchev–Trinajstić information content (AvgIpc) is 2.98. The normalized spacial score (nSPS) is 15.6. The predicted octanol–water partition coefficient (Wildman–Crippen LogP) is 3.70. The highest BCUT2D eigenvalue weighted by Gasteiger charge is 2.18. The Morgan fingerprint density at radius 3 is 2.57 bits per heavy atom. The Kier molecular flexibility index (Phi) is 8.10. The average molecular weight is 433 g/mol. The molecule has 3 rings (SSSR count). The third-order valence-corrected chi connectivity index (χ3v) is 6.85. The fourth-order valence-electron chi connectivity index (χ4n) is 3.85. The van der Waals surface area contributed by atoms with Gasteiger partial charge >= 0.3 is 0 Å². The maximum atomic E-state index is 12.5. The Morgan fingerprint density at radius 1 is 1.07 bits per heavy atom. The maximum absolute atomic E-state index is 12.5. The van der Waals surface area contributed by atoms with Crippen LogP contribution in [-0.2, 0) is 21.3 Å². The molecule has 1 saturated heterocycles. The molecule has 1 aliphatic rings. The molecule has 0 aliphatic carbocycles. The molecular formula is C23H32N2O4S. The molecule has 1 N–H and O–H groups in total. The van der Waals surface area contributed by atoms with Crippen molar-refractivity contribution in [1.29, 1.82) is 0 Å². The number of carbonyl (C=O) groups excluding carboxylic acids is 1. The summed E-state index contributed by atoms with van der Waals surface area (Å²) in [5.74, 6) is -0.118. The lowest BCUT2D eigenvalue weighted by atomic mass is 10.2. The topological polar surface area (TPSA) is 79.6 Å². The van der Waals surface area contributed by atoms with Crippen LogP contribution >= 0.6 is 0 Å². The van der Waals surface area contributed by atoms with E-state index < -0.39 is 9.84 Å². The van der Waals surface area contributed by atoms with E-state index in [4.69, 9.17) is 4.42 Å². The summed E-state index contributed by atoms with van der Waals surface area (Å²) in [7, 11) is -3.38. The molecule has 0 bridgehead atoms. The number of amides is 1. The number of rotatable bonds is 9. The third-order valence-electron chi connectivity index (χ3n) is 5.35. The Balaban J connectivity index is 1.44. The van der Waals surface area contributed by atoms with Gasteiger partial charge in [-0.1, -0.05) is 42.7 Å². The second-order valence-corrected chi connectivity index (χ2v) is 10.2. The van der Waals surface area contributed by atoms with Crippen LogP contribution in [0.2, 0.25) is 0 Å². The van der Waals surface area contributed by atoms with Crippen LogP contribution in [0.3, 0.4) is 0 Å². The fourth-order valence-corrected chi connectivity index (χ4v) is 5.23. The van der Waals surface area contributed by atoms with E-state index in [1.807, 2.05) is 25.1 Å². The van der Waals surface area contributed by atoms with Gasteiger partial charge in [0.1, 0.15) is 11.5 Å². The first kappa shape index (κ1) is 22.6. The monoisotopic (exact) mass is 432 g/mol. The van der Waals surface area contributed by atoms with E-state index >= 15 is 0 Å². The molecule has 0 spiro atoms. The van der Waals surface area contributed by atoms with E-state index in [0.29, 0.717) is 6.54 Å². The summed E-state index contributed by atoms with van der Waals surface area (Å²) in [4.78, 5) is 14.8. The predicted molar refractivity (Wildman–Crippen MR) is 118 cm³/mol. The minimum atomic E-state index is -3.38. The molecule has 6 nitrogen and oxygen atoms in total. The Hall–Kier alpha value is -2.12. The lowest BCUT2D eigenvalue weighted by Gasteiger charge is -2.19. The van der Waals surface area contributed by atoms with Crippen molar-refractivity contribution in [2.24, 2.45) is 0 Å². The summed E-state index contributed by atoms with van der Waals surface area (Å²) in [6.07, 6.45) is 6.04. The highest BCUT2D eigenvalue weighted by atomic mass is 32.2. The van der Waals surface area contributed by atoms with Gasteiger partial charge in [-0.15, -0.1) is 0 Å². The SMILES string of the molecule is Cc1cccc(CS(=O)(=O)Cc2ccc(C(=O)NCCCN3CCCCCC3)o2)c1. The minimum Gasteiger partial charge on any atom is -0.455 e. The molecule has 0 atom stereocenters. The third kappa shape index (κ3) is 7.29. The number of nitrogens with zero attached hydrogens (tertiary/aromatic N) is 1. The van der Waals surface area contributed by atoms with Crippen molar-refractivity contribution in [3.05, 3.63) is 59.0 Å². The first-order valence-corrected chi connectivity index (χ1v) is 12.6. The van der Waals surface area contributed by atoms with Gasteiger partial charge in [0.15, 0.2) is 15.6 Å². The van der Waals surface area contributed by atoms with E-state index in [2.05, 4.69) is 10.2 Å². The van der Waals surface area contributed by atoms with Gasteiger partial charge in [-0.3, -0.25) is 4.79 Å². The van der Waals surface area contributed by atoms with Gasteiger partial charge in [0.2, 0.25) is 0 Å². The summed E-state index contributed by atoms with van der Waals surface area (Å²) in [5.41, 5.74) is 1.78. The summed E-state index contributed by atoms with van der Waals surface area (Å²) < 4.78 is 30.5. The number of carbonyl (C=O) groups is 1. The summed E-state index contributed by atoms with van der Waals surface area (Å²) >= 11 is 0. The van der Waals surface area contributed by atoms with Crippen LogP contribution in [0.15, 0.2) is 40.8 Å². The minimum absolute atomic E-state index is 0.0482. The van der Waals surface area contributed by atoms with Crippen molar-refractivity contribution in [2.75, 3.05) is 26.2 Å². The van der Waals surface area contributed by atoms with Crippen LogP contribution in [0.25, 0.3) is 0 Å². The quantitative estimate of drug-likeness (QED) is 0.611. The summed E-state index contributed by atoms with van der Waals surface area (Å²) in [6.45, 7) is 5.79. The zero-order chi connectivity index (χ0) is 21.4. The molecule has 0 saturated carbocycles. The van der Waals surface area contributed by atoms with Crippen molar-refractivity contribution >= 4 is 15.7 Å². The largest absolute Gasteiger partial charge is 0.455 e. The molecule has 2 aromatic rings. The second-order valence-electron chi connectivity index (χ2n) is 8.15. The van der Waals surface area contributed by atoms with Crippen molar-refractivity contribution in [1.82, 2.24) is 10.2 Å². The van der Waals surface area contributed by atoms with Gasteiger partial charge in [-0.05, 0) is 63.5 Å². The maximum Gasteiger partial charge on any atom is 0.286 e. The van der Waals surface area contributed by atoms with E-state index in [1.54, 1.807) is 18.2 Å². The standard InChI is InChI=1S/C23H32N2O4S/c1-19-8-6-9-20(16-19)17-30(27,28)18-21-10-11-22(29-21)23(26)24-12-7-15-25-13-4-2-3-5-14-25/h6,8-11,16H,2-5,7,12-15,17-18H2,1H3,(H,24,26). The number of sulfone groups is 1. The van der Waals surface area contributed by atoms with Crippen LogP contribution in [-0.4, -0.2) is 45.4 Å². The second kappa shape index (κ2) is 10.8. The van der Waals surface area contributed by atoms with Crippen LogP contribution in [0.5, 0.6) is 0 Å². The van der Waals surface area contributed by atoms with Crippen LogP contribution in [0.1, 0.15) is 59.5 Å². The number of nitrogens with one attached hydrogen (secondary N) is 1. The zero-order valence-corrected chi connectivity index (χ0v) is 18.5. The van der Waals surface area contributed by atoms with Crippen LogP contribution in [0.4, 0.5) is 0 Å². The molecule has 1 aromatic carbocycles. The zero-order valence-electron chi connectivity index (χ0n) is 17.7. The van der Waals surface area contributed by atoms with E-state index in [0.717, 1.165) is 37.2 Å². The van der Waals surface area contributed by atoms with Gasteiger partial charge in [-0.25, -0.2) is 8.42 Å². The Labute approximate surface area is 179 Å². The van der Waals surface area contributed by atoms with Crippen molar-refractivity contribution in [3.63, 3.8) is 0 Å². The van der Waals surface area contributed by atoms with Crippen molar-refractivity contribution < 1.29 is 17.6 Å². The van der Waals surface area contributed by atoms with Gasteiger partial charge < -0.3 is 14.6 Å². The Morgan fingerprint density at radius 2 is 1.83 bits per heavy atom. The molecule has 1 aliphatic heterocycles. The van der Waals surface area contributed by atoms with Gasteiger partial charge in [-0.2, -0.15) is 0 Å². The van der Waals surface area contributed by atoms with Gasteiger partial charge in [0.25, 0.3) is 5.91 Å². The molecule has 1 aromatic heterocycles. The summed E-state index contributed by atoms with van der Waals surface area (Å²) in [6, 6.07) is 10.6. The summed E-state index contributed by atoms with van der Waals surface area (Å²) in [5, 5.41) is 2.87. The highest BCUT2D eigenvalue weighted by molar-refractivity contribution is 7.89. The lowest BCUT2D eigenvalue weighted by Crippen LogP contribution is -2.30. The van der Waals surface area contributed by atoms with Gasteiger partial charge in [0.05, 0.1) is 5.75 Å². The number of hydrogen-bond acceptors (Lipinski definition) is 5. The molecular weight excluding hydrogens is 400 g/mol. The molecule has 0 radical (unpaired) electrons. The molecule has 2 heterocycles. The first-order valence-electron chi connectivity index (χ1n) is 10.8. The fraction of sp³-hybridized carbons (Fsp3) is 0.522. The smallest absolute Gasteiger partial charge is 0.286 e. The number of furan rings is 1. The number of hydrogen-bond donors (Lipinski definition) is 1. The first-order chi connectivity index (χ1) is 14.4. The molecule has 1 amide bonds. The van der Waals surface area contributed by atoms with Crippen molar-refractivity contribution in [2.45, 2.75) is 50.5 Å². The Bertz CT molecular complexity index is 928. The molecule has 7 heteroatoms. The van der Waals surface area contributed by atoms with E-state index in [1.165, 1.54) is 25.7 Å². The molecule has 30 heavy (non-hydrogen) atoms. The van der Waals surface area contributed by atoms with Crippen LogP contribution < -0.4 is 5.32 Å². The number of benzene rings is 1. The molecule has 1 fully saturated rings. The van der Waals surface area contributed by atoms with E-state index in [-0.39, 0.29) is 28.9 Å². The highest BCUT2D eigenvalue weighted by Crippen LogP contribution is 2.16. The number of aryl methyl sites for hydroxylation is 1. The van der Waals surface area contributed by atoms with Gasteiger partial charge in [0, 0.05) is 6.54 Å². The lowest BCUT2D eigenvalue weighted by molar-refractivity contribution is 0.0922.